The molecule has 1 amide bonds. The second kappa shape index (κ2) is 21.7. The van der Waals surface area contributed by atoms with Crippen LogP contribution >= 0.6 is 22.9 Å². The number of unbranched alkanes of at least 4 members (excludes halogenated alkanes) is 1. The fraction of sp³-hybridized carbons (Fsp3) is 0.426. The third-order valence-corrected chi connectivity index (χ3v) is 19.0. The van der Waals surface area contributed by atoms with Gasteiger partial charge in [-0.25, -0.2) is 22.9 Å². The van der Waals surface area contributed by atoms with E-state index in [0.717, 1.165) is 60.2 Å². The molecule has 17 nitrogen and oxygen atoms in total. The Morgan fingerprint density at radius 2 is 1.90 bits per heavy atom. The number of nitrogens with two attached hydrogens (primary N) is 1. The second-order valence-corrected chi connectivity index (χ2v) is 23.9. The zero-order valence-electron chi connectivity index (χ0n) is 46.5. The van der Waals surface area contributed by atoms with Gasteiger partial charge in [0.1, 0.15) is 59.5 Å². The number of esters is 1. The lowest BCUT2D eigenvalue weighted by Crippen LogP contribution is -2.55. The number of hydrogen-bond donors (Lipinski definition) is 3. The number of cyclic esters (lactones) is 1. The molecule has 0 spiro atoms. The number of carbonyl (C=O) groups is 2. The van der Waals surface area contributed by atoms with Gasteiger partial charge in [0.15, 0.2) is 11.4 Å². The van der Waals surface area contributed by atoms with E-state index in [1.165, 1.54) is 12.1 Å². The molecule has 3 fully saturated rings. The Balaban J connectivity index is 0.836. The number of piperazine rings is 1. The number of nitrogen functional groups attached to an aromatic ring is 1. The number of ether oxygens (including phenoxy) is 3. The van der Waals surface area contributed by atoms with Gasteiger partial charge in [0.25, 0.3) is 11.5 Å². The third-order valence-electron chi connectivity index (χ3n) is 17.7. The predicted octanol–water partition coefficient (Wildman–Crippen LogP) is 9.24. The molecule has 5 atom stereocenters. The number of nitrogens with one attached hydrogen (secondary N) is 1. The molecular formula is C61H62ClF3N10O7S. The Bertz CT molecular complexity index is 3980. The maximum Gasteiger partial charge on any atom is 0.343 e. The van der Waals surface area contributed by atoms with Crippen molar-refractivity contribution in [3.05, 3.63) is 109 Å². The molecule has 4 aromatic heterocycles. The summed E-state index contributed by atoms with van der Waals surface area (Å²) in [5, 5.41) is 26.0. The van der Waals surface area contributed by atoms with Gasteiger partial charge in [0, 0.05) is 71.5 Å². The highest BCUT2D eigenvalue weighted by Crippen LogP contribution is 2.48. The molecule has 12 rings (SSSR count). The van der Waals surface area contributed by atoms with Gasteiger partial charge in [-0.1, -0.05) is 38.1 Å². The minimum absolute atomic E-state index is 0.00128. The number of aryl methyl sites for hydroxylation is 1. The standard InChI is InChI=1S/C61H62ClF3N10O7S/c1-6-35-37-21-34(12-15-45(37)69-51-40(35)28-75-46(51)23-42-41(57(75)77)29-80-58(78)61(42,79)7-2)82-47(11-8-9-17-68-5)32(4)56(76)72-19-20-74(31(3)26-72)55-38-22-43(62)49(36-13-14-44(64)53-48(36)39(25-66)54(67)83-53)50(65)52(38)70-59(71-55)81-30-60-16-10-18-73(60)27-33(63)24-60/h12-15,21-23,31,33,47,68,79H,4,6-11,16-20,24,26-30,67H2,1-3,5H3/t31-,33+,47?,60-,61-/m0/s1. The largest absolute Gasteiger partial charge is 0.486 e. The number of benzene rings is 3. The summed E-state index contributed by atoms with van der Waals surface area (Å²) in [6, 6.07) is 12.9. The van der Waals surface area contributed by atoms with Gasteiger partial charge in [-0.3, -0.25) is 14.5 Å². The maximum atomic E-state index is 17.6. The van der Waals surface area contributed by atoms with Gasteiger partial charge in [0.05, 0.1) is 55.4 Å². The van der Waals surface area contributed by atoms with Crippen molar-refractivity contribution >= 4 is 77.5 Å². The number of aromatic nitrogens is 4. The predicted molar refractivity (Wildman–Crippen MR) is 312 cm³/mol. The minimum Gasteiger partial charge on any atom is -0.486 e. The zero-order valence-corrected chi connectivity index (χ0v) is 48.0. The number of pyridine rings is 2. The lowest BCUT2D eigenvalue weighted by molar-refractivity contribution is -0.172. The van der Waals surface area contributed by atoms with E-state index in [1.807, 2.05) is 44.0 Å². The third kappa shape index (κ3) is 9.32. The van der Waals surface area contributed by atoms with Gasteiger partial charge in [-0.05, 0) is 120 Å². The molecule has 3 saturated heterocycles. The van der Waals surface area contributed by atoms with Crippen LogP contribution in [-0.4, -0.2) is 123 Å². The van der Waals surface area contributed by atoms with Crippen molar-refractivity contribution in [2.45, 2.75) is 115 Å². The van der Waals surface area contributed by atoms with Crippen LogP contribution in [0.3, 0.4) is 0 Å². The van der Waals surface area contributed by atoms with Gasteiger partial charge < -0.3 is 44.7 Å². The molecule has 0 aliphatic carbocycles. The Morgan fingerprint density at radius 1 is 1.08 bits per heavy atom. The molecule has 0 radical (unpaired) electrons. The molecule has 0 bridgehead atoms. The van der Waals surface area contributed by atoms with E-state index in [0.29, 0.717) is 54.3 Å². The van der Waals surface area contributed by atoms with Crippen LogP contribution < -0.4 is 31.0 Å². The summed E-state index contributed by atoms with van der Waals surface area (Å²) in [4.78, 5) is 62.0. The van der Waals surface area contributed by atoms with Crippen LogP contribution in [-0.2, 0) is 39.5 Å². The summed E-state index contributed by atoms with van der Waals surface area (Å²) >= 11 is 7.94. The van der Waals surface area contributed by atoms with E-state index in [2.05, 4.69) is 21.8 Å². The van der Waals surface area contributed by atoms with Crippen molar-refractivity contribution < 1.29 is 42.1 Å². The van der Waals surface area contributed by atoms with Crippen molar-refractivity contribution in [3.8, 4) is 40.3 Å². The van der Waals surface area contributed by atoms with E-state index in [1.54, 1.807) is 34.6 Å². The van der Waals surface area contributed by atoms with Crippen molar-refractivity contribution in [1.29, 1.82) is 5.26 Å². The fourth-order valence-corrected chi connectivity index (χ4v) is 14.6. The second-order valence-electron chi connectivity index (χ2n) is 22.5. The van der Waals surface area contributed by atoms with E-state index >= 15 is 8.78 Å². The first kappa shape index (κ1) is 56.1. The number of aliphatic hydroxyl groups is 1. The van der Waals surface area contributed by atoms with Crippen LogP contribution in [0.4, 0.5) is 24.0 Å². The molecule has 432 valence electrons. The number of fused-ring (bicyclic) bond motifs is 8. The minimum atomic E-state index is -1.95. The molecule has 4 N–H and O–H groups in total. The number of halogens is 4. The average molecular weight is 1170 g/mol. The summed E-state index contributed by atoms with van der Waals surface area (Å²) in [7, 11) is 1.88. The number of amides is 1. The Hall–Kier alpha value is -7.35. The van der Waals surface area contributed by atoms with Crippen molar-refractivity contribution in [1.82, 2.24) is 34.6 Å². The van der Waals surface area contributed by atoms with Crippen LogP contribution in [0.15, 0.2) is 59.4 Å². The highest BCUT2D eigenvalue weighted by Gasteiger charge is 2.50. The number of nitrogens with zero attached hydrogens (tertiary/aromatic N) is 8. The van der Waals surface area contributed by atoms with Crippen LogP contribution in [0.25, 0.3) is 54.4 Å². The van der Waals surface area contributed by atoms with Gasteiger partial charge >= 0.3 is 12.0 Å². The number of carbonyl (C=O) groups excluding carboxylic acids is 2. The molecule has 1 unspecified atom stereocenters. The van der Waals surface area contributed by atoms with Crippen molar-refractivity contribution in [2.24, 2.45) is 0 Å². The van der Waals surface area contributed by atoms with E-state index in [4.69, 9.17) is 41.5 Å². The Kier molecular flexibility index (Phi) is 14.7. The van der Waals surface area contributed by atoms with Gasteiger partial charge in [-0.2, -0.15) is 15.2 Å². The summed E-state index contributed by atoms with van der Waals surface area (Å²) in [6.45, 7) is 12.5. The maximum absolute atomic E-state index is 17.6. The molecule has 5 aliphatic rings. The topological polar surface area (TPSA) is 214 Å². The van der Waals surface area contributed by atoms with E-state index < -0.39 is 47.1 Å². The zero-order chi connectivity index (χ0) is 58.4. The molecule has 5 aliphatic heterocycles. The first-order valence-corrected chi connectivity index (χ1v) is 29.4. The number of hydrogen-bond acceptors (Lipinski definition) is 16. The Labute approximate surface area is 485 Å². The molecule has 83 heavy (non-hydrogen) atoms. The van der Waals surface area contributed by atoms with Gasteiger partial charge in [0.2, 0.25) is 0 Å². The number of anilines is 2. The quantitative estimate of drug-likeness (QED) is 0.0467. The number of thiophene rings is 1. The van der Waals surface area contributed by atoms with Crippen LogP contribution in [0.2, 0.25) is 5.02 Å². The first-order chi connectivity index (χ1) is 39.9. The summed E-state index contributed by atoms with van der Waals surface area (Å²) < 4.78 is 68.0. The van der Waals surface area contributed by atoms with E-state index in [9.17, 15) is 29.1 Å². The lowest BCUT2D eigenvalue weighted by Gasteiger charge is -2.41. The van der Waals surface area contributed by atoms with Crippen molar-refractivity contribution in [3.63, 3.8) is 0 Å². The normalized spacial score (nSPS) is 21.5. The van der Waals surface area contributed by atoms with E-state index in [-0.39, 0.29) is 134 Å². The van der Waals surface area contributed by atoms with Crippen LogP contribution in [0.1, 0.15) is 93.5 Å². The number of nitriles is 1. The monoisotopic (exact) mass is 1170 g/mol. The molecular weight excluding hydrogens is 1110 g/mol. The summed E-state index contributed by atoms with van der Waals surface area (Å²) in [5.41, 5.74) is 7.54. The molecule has 3 aromatic carbocycles. The molecule has 22 heteroatoms. The SMILES string of the molecule is C=C(C(=O)N1CCN(c2nc(OC[C@@]34CCCN3C[C@H](F)C4)nc3c(F)c(-c4ccc(F)c5sc(N)c(C#N)c45)c(Cl)cc23)[C@@H](C)C1)C(CCCCNC)Oc1ccc2nc3c(c(CC)c2c1)Cn1c-3cc2c(c1=O)COC(=O)[C@]2(O)CC. The fourth-order valence-electron chi connectivity index (χ4n) is 13.4. The lowest BCUT2D eigenvalue weighted by atomic mass is 9.86. The highest BCUT2D eigenvalue weighted by molar-refractivity contribution is 7.23. The summed E-state index contributed by atoms with van der Waals surface area (Å²) in [5.74, 6) is -1.77. The van der Waals surface area contributed by atoms with Crippen LogP contribution in [0, 0.1) is 23.0 Å². The van der Waals surface area contributed by atoms with Gasteiger partial charge in [-0.15, -0.1) is 11.3 Å². The highest BCUT2D eigenvalue weighted by atomic mass is 35.5. The molecule has 0 saturated carbocycles. The molecule has 7 aromatic rings. The summed E-state index contributed by atoms with van der Waals surface area (Å²) in [6.07, 6.45) is 2.77. The molecule has 9 heterocycles. The first-order valence-electron chi connectivity index (χ1n) is 28.2. The number of alkyl halides is 1. The van der Waals surface area contributed by atoms with Crippen molar-refractivity contribution in [2.75, 3.05) is 63.6 Å². The van der Waals surface area contributed by atoms with Crippen LogP contribution in [0.5, 0.6) is 11.8 Å². The average Bonchev–Trinajstić information content (AvgIpc) is 4.40. The smallest absolute Gasteiger partial charge is 0.343 e. The number of rotatable bonds is 16. The Morgan fingerprint density at radius 3 is 2.66 bits per heavy atom.